The molecule has 2 aromatic heterocycles. The zero-order valence-corrected chi connectivity index (χ0v) is 33.1. The molecule has 3 heterocycles. The molecule has 0 bridgehead atoms. The molecule has 5 aromatic rings. The molecule has 4 N–H and O–H groups in total. The van der Waals surface area contributed by atoms with Gasteiger partial charge in [-0.3, -0.25) is 29.6 Å². The van der Waals surface area contributed by atoms with Gasteiger partial charge in [0.25, 0.3) is 0 Å². The SMILES string of the molecule is O=C(O)C[C@H](Cc1ccccc1)NC(=O)[C@H](Cc1cccnc1)NC(=O)[C@@H]1CCCN1C(=O)N(Cc1cn(-c2ccc(I)cc2)nn1)NC(=O)Cc1ccccc1. The second-order valence-electron chi connectivity index (χ2n) is 13.7. The summed E-state index contributed by atoms with van der Waals surface area (Å²) in [4.78, 5) is 73.0. The number of halogens is 1. The van der Waals surface area contributed by atoms with E-state index in [0.717, 1.165) is 25.4 Å². The minimum atomic E-state index is -1.12. The highest BCUT2D eigenvalue weighted by molar-refractivity contribution is 14.1. The second kappa shape index (κ2) is 19.6. The molecule has 6 rings (SSSR count). The maximum absolute atomic E-state index is 14.4. The van der Waals surface area contributed by atoms with Crippen LogP contribution in [0.5, 0.6) is 0 Å². The lowest BCUT2D eigenvalue weighted by molar-refractivity contribution is -0.138. The molecule has 15 nitrogen and oxygen atoms in total. The summed E-state index contributed by atoms with van der Waals surface area (Å²) in [6.07, 6.45) is 5.65. The van der Waals surface area contributed by atoms with Crippen LogP contribution in [-0.4, -0.2) is 89.4 Å². The van der Waals surface area contributed by atoms with Gasteiger partial charge in [0.1, 0.15) is 17.8 Å². The Morgan fingerprint density at radius 2 is 1.56 bits per heavy atom. The summed E-state index contributed by atoms with van der Waals surface area (Å²) < 4.78 is 2.62. The predicted octanol–water partition coefficient (Wildman–Crippen LogP) is 3.86. The summed E-state index contributed by atoms with van der Waals surface area (Å²) in [5.41, 5.74) is 6.14. The van der Waals surface area contributed by atoms with Crippen LogP contribution in [0.25, 0.3) is 5.69 Å². The lowest BCUT2D eigenvalue weighted by atomic mass is 10.0. The van der Waals surface area contributed by atoms with Crippen LogP contribution in [0, 0.1) is 3.57 Å². The number of pyridine rings is 1. The van der Waals surface area contributed by atoms with Crippen molar-refractivity contribution in [1.82, 2.24) is 45.9 Å². The third-order valence-corrected chi connectivity index (χ3v) is 10.1. The van der Waals surface area contributed by atoms with E-state index in [9.17, 15) is 29.1 Å². The van der Waals surface area contributed by atoms with Crippen molar-refractivity contribution in [3.05, 3.63) is 142 Å². The third kappa shape index (κ3) is 11.7. The van der Waals surface area contributed by atoms with E-state index in [1.54, 1.807) is 35.4 Å². The molecule has 16 heteroatoms. The number of hydrazine groups is 1. The Hall–Kier alpha value is -6.17. The fourth-order valence-electron chi connectivity index (χ4n) is 6.62. The molecular weight excluding hydrogens is 841 g/mol. The van der Waals surface area contributed by atoms with Crippen molar-refractivity contribution >= 4 is 52.3 Å². The van der Waals surface area contributed by atoms with Crippen molar-refractivity contribution in [2.75, 3.05) is 6.54 Å². The number of hydrogen-bond donors (Lipinski definition) is 4. The maximum atomic E-state index is 14.4. The van der Waals surface area contributed by atoms with Crippen LogP contribution in [0.1, 0.15) is 41.6 Å². The summed E-state index contributed by atoms with van der Waals surface area (Å²) in [5, 5.41) is 25.0. The number of aromatic nitrogens is 4. The first-order chi connectivity index (χ1) is 27.6. The Bertz CT molecular complexity index is 2140. The van der Waals surface area contributed by atoms with E-state index in [1.807, 2.05) is 84.9 Å². The van der Waals surface area contributed by atoms with Gasteiger partial charge in [-0.05, 0) is 88.9 Å². The number of carbonyl (C=O) groups excluding carboxylic acids is 4. The first-order valence-corrected chi connectivity index (χ1v) is 19.5. The molecule has 3 aromatic carbocycles. The molecule has 1 saturated heterocycles. The smallest absolute Gasteiger partial charge is 0.339 e. The van der Waals surface area contributed by atoms with Crippen molar-refractivity contribution in [3.8, 4) is 5.69 Å². The number of aliphatic carboxylic acids is 1. The molecule has 57 heavy (non-hydrogen) atoms. The van der Waals surface area contributed by atoms with E-state index >= 15 is 0 Å². The number of carboxylic acid groups (broad SMARTS) is 1. The monoisotopic (exact) mass is 883 g/mol. The molecule has 294 valence electrons. The number of nitrogens with one attached hydrogen (secondary N) is 3. The number of carbonyl (C=O) groups is 5. The van der Waals surface area contributed by atoms with Crippen LogP contribution in [0.4, 0.5) is 4.79 Å². The van der Waals surface area contributed by atoms with Gasteiger partial charge in [0.05, 0.1) is 31.3 Å². The summed E-state index contributed by atoms with van der Waals surface area (Å²) in [6.45, 7) is 0.0710. The molecule has 3 atom stereocenters. The van der Waals surface area contributed by atoms with E-state index in [0.29, 0.717) is 24.1 Å². The number of benzene rings is 3. The van der Waals surface area contributed by atoms with E-state index in [-0.39, 0.29) is 38.8 Å². The number of likely N-dealkylation sites (tertiary alicyclic amines) is 1. The quantitative estimate of drug-likeness (QED) is 0.0894. The highest BCUT2D eigenvalue weighted by Crippen LogP contribution is 2.21. The lowest BCUT2D eigenvalue weighted by Gasteiger charge is -2.32. The van der Waals surface area contributed by atoms with Crippen LogP contribution in [0.2, 0.25) is 0 Å². The first-order valence-electron chi connectivity index (χ1n) is 18.5. The maximum Gasteiger partial charge on any atom is 0.339 e. The van der Waals surface area contributed by atoms with Gasteiger partial charge in [-0.1, -0.05) is 71.9 Å². The Morgan fingerprint density at radius 3 is 2.25 bits per heavy atom. The summed E-state index contributed by atoms with van der Waals surface area (Å²) in [7, 11) is 0. The molecule has 0 saturated carbocycles. The predicted molar refractivity (Wildman–Crippen MR) is 217 cm³/mol. The van der Waals surface area contributed by atoms with Crippen LogP contribution in [-0.2, 0) is 45.0 Å². The van der Waals surface area contributed by atoms with Crippen LogP contribution in [0.15, 0.2) is 116 Å². The molecule has 1 fully saturated rings. The van der Waals surface area contributed by atoms with Crippen molar-refractivity contribution in [3.63, 3.8) is 0 Å². The molecule has 0 unspecified atom stereocenters. The van der Waals surface area contributed by atoms with Crippen LogP contribution < -0.4 is 16.1 Å². The molecule has 1 aliphatic heterocycles. The fourth-order valence-corrected chi connectivity index (χ4v) is 6.98. The van der Waals surface area contributed by atoms with Gasteiger partial charge in [0.15, 0.2) is 0 Å². The molecule has 0 spiro atoms. The molecular formula is C41H42IN9O6. The van der Waals surface area contributed by atoms with E-state index in [4.69, 9.17) is 0 Å². The third-order valence-electron chi connectivity index (χ3n) is 9.34. The topological polar surface area (TPSA) is 192 Å². The number of hydrogen-bond acceptors (Lipinski definition) is 8. The zero-order chi connectivity index (χ0) is 40.1. The van der Waals surface area contributed by atoms with Crippen molar-refractivity contribution < 1.29 is 29.1 Å². The largest absolute Gasteiger partial charge is 0.481 e. The standard InChI is InChI=1S/C41H42IN9O6/c42-31-15-17-34(18-16-31)50-26-33(46-48-50)27-51(47-37(52)23-29-11-5-2-6-12-29)41(57)49-20-8-14-36(49)40(56)45-35(22-30-13-7-19-43-25-30)39(55)44-32(24-38(53)54)21-28-9-3-1-4-10-28/h1-7,9-13,15-19,25-26,32,35-36H,8,14,20-24,27H2,(H,44,55)(H,45,56)(H,47,52)(H,53,54)/t32-,35-,36-/m0/s1. The number of rotatable bonds is 15. The summed E-state index contributed by atoms with van der Waals surface area (Å²) in [6, 6.07) is 25.9. The van der Waals surface area contributed by atoms with Gasteiger partial charge in [-0.2, -0.15) is 0 Å². The highest BCUT2D eigenvalue weighted by atomic mass is 127. The Morgan fingerprint density at radius 1 is 0.860 bits per heavy atom. The van der Waals surface area contributed by atoms with Crippen LogP contribution in [0.3, 0.4) is 0 Å². The number of amides is 5. The number of nitrogens with zero attached hydrogens (tertiary/aromatic N) is 6. The van der Waals surface area contributed by atoms with Crippen molar-refractivity contribution in [2.24, 2.45) is 0 Å². The van der Waals surface area contributed by atoms with E-state index in [1.165, 1.54) is 4.90 Å². The average molecular weight is 884 g/mol. The van der Waals surface area contributed by atoms with Gasteiger partial charge in [-0.25, -0.2) is 14.5 Å². The fraction of sp³-hybridized carbons (Fsp3) is 0.268. The zero-order valence-electron chi connectivity index (χ0n) is 30.9. The highest BCUT2D eigenvalue weighted by Gasteiger charge is 2.39. The minimum absolute atomic E-state index is 0.00214. The van der Waals surface area contributed by atoms with Crippen molar-refractivity contribution in [1.29, 1.82) is 0 Å². The Labute approximate surface area is 343 Å². The molecule has 1 aliphatic rings. The van der Waals surface area contributed by atoms with Gasteiger partial charge >= 0.3 is 12.0 Å². The molecule has 0 radical (unpaired) electrons. The van der Waals surface area contributed by atoms with Gasteiger partial charge < -0.3 is 20.6 Å². The first kappa shape index (κ1) is 40.5. The van der Waals surface area contributed by atoms with E-state index in [2.05, 4.69) is 53.9 Å². The normalized spacial score (nSPS) is 14.6. The second-order valence-corrected chi connectivity index (χ2v) is 14.9. The van der Waals surface area contributed by atoms with Crippen molar-refractivity contribution in [2.45, 2.75) is 63.2 Å². The molecule has 5 amide bonds. The van der Waals surface area contributed by atoms with Gasteiger partial charge in [0.2, 0.25) is 17.7 Å². The van der Waals surface area contributed by atoms with Crippen LogP contribution >= 0.6 is 22.6 Å². The minimum Gasteiger partial charge on any atom is -0.481 e. The lowest BCUT2D eigenvalue weighted by Crippen LogP contribution is -2.58. The number of urea groups is 1. The number of carboxylic acids is 1. The Kier molecular flexibility index (Phi) is 13.9. The summed E-state index contributed by atoms with van der Waals surface area (Å²) in [5.74, 6) is -2.67. The van der Waals surface area contributed by atoms with E-state index < -0.39 is 47.8 Å². The molecule has 0 aliphatic carbocycles. The average Bonchev–Trinajstić information content (AvgIpc) is 3.89. The van der Waals surface area contributed by atoms with Gasteiger partial charge in [-0.15, -0.1) is 5.10 Å². The van der Waals surface area contributed by atoms with Gasteiger partial charge in [0, 0.05) is 35.0 Å². The Balaban J connectivity index is 1.20. The summed E-state index contributed by atoms with van der Waals surface area (Å²) >= 11 is 2.21.